The number of nitrogen functional groups attached to an aromatic ring is 1. The molecule has 10 heteroatoms. The first-order chi connectivity index (χ1) is 13.1. The third-order valence-corrected chi connectivity index (χ3v) is 3.58. The van der Waals surface area contributed by atoms with Crippen LogP contribution in [0.3, 0.4) is 0 Å². The number of carbonyl (C=O) groups excluding carboxylic acids is 2. The zero-order valence-corrected chi connectivity index (χ0v) is 16.4. The number of nitrogens with two attached hydrogens (primary N) is 1. The summed E-state index contributed by atoms with van der Waals surface area (Å²) in [6.07, 6.45) is -0.634. The highest BCUT2D eigenvalue weighted by atomic mass is 16.6. The number of aliphatic hydroxyl groups excluding tert-OH is 1. The summed E-state index contributed by atoms with van der Waals surface area (Å²) in [5, 5.41) is 18.9. The first-order valence-electron chi connectivity index (χ1n) is 8.98. The second kappa shape index (κ2) is 11.0. The molecule has 0 aliphatic carbocycles. The van der Waals surface area contributed by atoms with E-state index in [0.717, 1.165) is 0 Å². The van der Waals surface area contributed by atoms with E-state index in [9.17, 15) is 14.7 Å². The molecule has 2 amide bonds. The van der Waals surface area contributed by atoms with Crippen molar-refractivity contribution in [1.82, 2.24) is 5.32 Å². The number of rotatable bonds is 9. The number of aliphatic hydroxyl groups is 1. The van der Waals surface area contributed by atoms with Gasteiger partial charge in [0.1, 0.15) is 11.7 Å². The molecule has 5 N–H and O–H groups in total. The van der Waals surface area contributed by atoms with Crippen molar-refractivity contribution in [3.63, 3.8) is 0 Å². The molecule has 0 spiro atoms. The minimum absolute atomic E-state index is 0.283. The molecule has 154 valence electrons. The molecule has 2 atom stereocenters. The van der Waals surface area contributed by atoms with E-state index in [-0.39, 0.29) is 6.42 Å². The van der Waals surface area contributed by atoms with Crippen LogP contribution in [0.2, 0.25) is 0 Å². The summed E-state index contributed by atoms with van der Waals surface area (Å²) in [4.78, 5) is 26.4. The van der Waals surface area contributed by atoms with Crippen molar-refractivity contribution in [2.45, 2.75) is 57.8 Å². The normalized spacial score (nSPS) is 13.0. The van der Waals surface area contributed by atoms with Gasteiger partial charge in [-0.2, -0.15) is 0 Å². The number of anilines is 2. The zero-order valence-electron chi connectivity index (χ0n) is 16.4. The van der Waals surface area contributed by atoms with Crippen LogP contribution >= 0.6 is 0 Å². The number of azide groups is 1. The van der Waals surface area contributed by atoms with E-state index in [1.807, 2.05) is 0 Å². The maximum atomic E-state index is 12.2. The van der Waals surface area contributed by atoms with Gasteiger partial charge in [-0.1, -0.05) is 17.6 Å². The Morgan fingerprint density at radius 3 is 2.68 bits per heavy atom. The van der Waals surface area contributed by atoms with E-state index in [1.165, 1.54) is 0 Å². The number of hydrogen-bond donors (Lipinski definition) is 4. The van der Waals surface area contributed by atoms with Gasteiger partial charge in [-0.05, 0) is 57.3 Å². The number of carbonyl (C=O) groups is 2. The molecule has 0 unspecified atom stereocenters. The topological polar surface area (TPSA) is 162 Å². The van der Waals surface area contributed by atoms with Gasteiger partial charge in [-0.15, -0.1) is 0 Å². The molecule has 0 saturated heterocycles. The number of nitrogens with zero attached hydrogens (tertiary/aromatic N) is 3. The molecule has 1 aromatic rings. The van der Waals surface area contributed by atoms with E-state index in [0.29, 0.717) is 30.8 Å². The Kier molecular flexibility index (Phi) is 9.07. The SMILES string of the molecule is CC(C)(C)OC(=O)NCCCC[C@H](N=[N+]=[N-])[C@H](O)C(=O)Nc1cccc(N)c1. The highest BCUT2D eigenvalue weighted by molar-refractivity contribution is 5.94. The summed E-state index contributed by atoms with van der Waals surface area (Å²) < 4.78 is 5.12. The summed E-state index contributed by atoms with van der Waals surface area (Å²) in [7, 11) is 0. The average Bonchev–Trinajstić information content (AvgIpc) is 2.58. The van der Waals surface area contributed by atoms with Gasteiger partial charge in [0.05, 0.1) is 6.04 Å². The van der Waals surface area contributed by atoms with Gasteiger partial charge in [0.25, 0.3) is 5.91 Å². The number of unbranched alkanes of at least 4 members (excludes halogenated alkanes) is 1. The fourth-order valence-electron chi connectivity index (χ4n) is 2.34. The molecule has 28 heavy (non-hydrogen) atoms. The predicted octanol–water partition coefficient (Wildman–Crippen LogP) is 2.94. The summed E-state index contributed by atoms with van der Waals surface area (Å²) in [6, 6.07) is 5.59. The molecule has 0 saturated carbocycles. The lowest BCUT2D eigenvalue weighted by atomic mass is 10.0. The number of ether oxygens (including phenoxy) is 1. The minimum atomic E-state index is -1.50. The molecule has 1 rings (SSSR count). The van der Waals surface area contributed by atoms with E-state index in [4.69, 9.17) is 16.0 Å². The van der Waals surface area contributed by atoms with Gasteiger partial charge < -0.3 is 26.2 Å². The van der Waals surface area contributed by atoms with Crippen LogP contribution in [-0.2, 0) is 9.53 Å². The number of amides is 2. The van der Waals surface area contributed by atoms with Crippen molar-refractivity contribution in [3.8, 4) is 0 Å². The predicted molar refractivity (Wildman–Crippen MR) is 107 cm³/mol. The van der Waals surface area contributed by atoms with Crippen LogP contribution in [0, 0.1) is 0 Å². The molecule has 0 aromatic heterocycles. The molecule has 0 aliphatic rings. The number of benzene rings is 1. The molecule has 1 aromatic carbocycles. The summed E-state index contributed by atoms with van der Waals surface area (Å²) >= 11 is 0. The van der Waals surface area contributed by atoms with E-state index >= 15 is 0 Å². The second-order valence-electron chi connectivity index (χ2n) is 7.26. The quantitative estimate of drug-likeness (QED) is 0.167. The Labute approximate surface area is 164 Å². The molecule has 0 bridgehead atoms. The van der Waals surface area contributed by atoms with E-state index < -0.39 is 29.7 Å². The standard InChI is InChI=1S/C18H28N6O4/c1-18(2,3)28-17(27)21-10-5-4-9-14(23-24-20)15(25)16(26)22-13-8-6-7-12(19)11-13/h6-8,11,14-15,25H,4-5,9-10,19H2,1-3H3,(H,21,27)(H,22,26)/t14-,15-/m0/s1. The third kappa shape index (κ3) is 9.11. The van der Waals surface area contributed by atoms with Gasteiger partial charge >= 0.3 is 6.09 Å². The molecular weight excluding hydrogens is 364 g/mol. The highest BCUT2D eigenvalue weighted by Gasteiger charge is 2.25. The Morgan fingerprint density at radius 2 is 2.07 bits per heavy atom. The highest BCUT2D eigenvalue weighted by Crippen LogP contribution is 2.15. The number of hydrogen-bond acceptors (Lipinski definition) is 6. The monoisotopic (exact) mass is 392 g/mol. The van der Waals surface area contributed by atoms with E-state index in [2.05, 4.69) is 20.7 Å². The lowest BCUT2D eigenvalue weighted by Crippen LogP contribution is -2.37. The Morgan fingerprint density at radius 1 is 1.36 bits per heavy atom. The van der Waals surface area contributed by atoms with Crippen LogP contribution in [0.1, 0.15) is 40.0 Å². The number of alkyl carbamates (subject to hydrolysis) is 1. The molecule has 0 fully saturated rings. The fourth-order valence-corrected chi connectivity index (χ4v) is 2.34. The Hall–Kier alpha value is -2.97. The molecule has 0 heterocycles. The minimum Gasteiger partial charge on any atom is -0.444 e. The van der Waals surface area contributed by atoms with Crippen molar-refractivity contribution < 1.29 is 19.4 Å². The lowest BCUT2D eigenvalue weighted by molar-refractivity contribution is -0.125. The van der Waals surface area contributed by atoms with Crippen LogP contribution in [0.5, 0.6) is 0 Å². The summed E-state index contributed by atoms with van der Waals surface area (Å²) in [5.74, 6) is -0.685. The Balaban J connectivity index is 2.45. The van der Waals surface area contributed by atoms with Gasteiger partial charge in [0, 0.05) is 22.8 Å². The molecular formula is C18H28N6O4. The first kappa shape index (κ1) is 23.1. The first-order valence-corrected chi connectivity index (χ1v) is 8.98. The van der Waals surface area contributed by atoms with Crippen LogP contribution in [-0.4, -0.2) is 41.4 Å². The van der Waals surface area contributed by atoms with Crippen LogP contribution < -0.4 is 16.4 Å². The van der Waals surface area contributed by atoms with Crippen LogP contribution in [0.25, 0.3) is 10.4 Å². The molecule has 0 radical (unpaired) electrons. The van der Waals surface area contributed by atoms with Crippen molar-refractivity contribution in [2.75, 3.05) is 17.6 Å². The van der Waals surface area contributed by atoms with Gasteiger partial charge in [-0.25, -0.2) is 4.79 Å². The van der Waals surface area contributed by atoms with Crippen molar-refractivity contribution in [1.29, 1.82) is 0 Å². The van der Waals surface area contributed by atoms with E-state index in [1.54, 1.807) is 45.0 Å². The zero-order chi connectivity index (χ0) is 21.2. The number of nitrogens with one attached hydrogen (secondary N) is 2. The summed E-state index contributed by atoms with van der Waals surface area (Å²) in [6.45, 7) is 5.68. The largest absolute Gasteiger partial charge is 0.444 e. The van der Waals surface area contributed by atoms with Crippen LogP contribution in [0.4, 0.5) is 16.2 Å². The van der Waals surface area contributed by atoms with Crippen LogP contribution in [0.15, 0.2) is 29.4 Å². The summed E-state index contributed by atoms with van der Waals surface area (Å²) in [5.41, 5.74) is 14.7. The van der Waals surface area contributed by atoms with Crippen molar-refractivity contribution >= 4 is 23.4 Å². The maximum absolute atomic E-state index is 12.2. The Bertz CT molecular complexity index is 712. The van der Waals surface area contributed by atoms with Gasteiger partial charge in [-0.3, -0.25) is 4.79 Å². The average molecular weight is 392 g/mol. The smallest absolute Gasteiger partial charge is 0.407 e. The molecule has 10 nitrogen and oxygen atoms in total. The van der Waals surface area contributed by atoms with Crippen molar-refractivity contribution in [2.24, 2.45) is 5.11 Å². The lowest BCUT2D eigenvalue weighted by Gasteiger charge is -2.20. The third-order valence-electron chi connectivity index (χ3n) is 3.58. The molecule has 0 aliphatic heterocycles. The van der Waals surface area contributed by atoms with Gasteiger partial charge in [0.2, 0.25) is 0 Å². The fraction of sp³-hybridized carbons (Fsp3) is 0.556. The maximum Gasteiger partial charge on any atom is 0.407 e. The van der Waals surface area contributed by atoms with Crippen molar-refractivity contribution in [3.05, 3.63) is 34.7 Å². The van der Waals surface area contributed by atoms with Gasteiger partial charge in [0.15, 0.2) is 0 Å². The second-order valence-corrected chi connectivity index (χ2v) is 7.26.